The van der Waals surface area contributed by atoms with Crippen molar-refractivity contribution in [1.29, 1.82) is 0 Å². The van der Waals surface area contributed by atoms with Crippen LogP contribution in [0.5, 0.6) is 0 Å². The van der Waals surface area contributed by atoms with Crippen LogP contribution in [0.2, 0.25) is 0 Å². The molecule has 1 saturated heterocycles. The predicted molar refractivity (Wildman–Crippen MR) is 158 cm³/mol. The summed E-state index contributed by atoms with van der Waals surface area (Å²) in [6.07, 6.45) is 2.64. The molecule has 9 nitrogen and oxygen atoms in total. The smallest absolute Gasteiger partial charge is 0.336 e. The van der Waals surface area contributed by atoms with Gasteiger partial charge < -0.3 is 25.6 Å². The zero-order valence-electron chi connectivity index (χ0n) is 23.8. The molecule has 9 heteroatoms. The highest BCUT2D eigenvalue weighted by molar-refractivity contribution is 6.02. The van der Waals surface area contributed by atoms with Crippen LogP contribution < -0.4 is 10.6 Å². The summed E-state index contributed by atoms with van der Waals surface area (Å²) < 4.78 is 5.73. The number of carboxylic acid groups (broad SMARTS) is 2. The predicted octanol–water partition coefficient (Wildman–Crippen LogP) is 4.93. The maximum atomic E-state index is 13.3. The Kier molecular flexibility index (Phi) is 10.1. The normalized spacial score (nSPS) is 15.3. The molecule has 42 heavy (non-hydrogen) atoms. The Hall–Kier alpha value is -4.50. The molecule has 1 unspecified atom stereocenters. The summed E-state index contributed by atoms with van der Waals surface area (Å²) in [6, 6.07) is 16.9. The number of hydrogen-bond acceptors (Lipinski definition) is 6. The topological polar surface area (TPSA) is 142 Å². The molecule has 1 heterocycles. The van der Waals surface area contributed by atoms with Crippen molar-refractivity contribution >= 4 is 23.8 Å². The third-order valence-electron chi connectivity index (χ3n) is 7.59. The van der Waals surface area contributed by atoms with Crippen molar-refractivity contribution in [3.63, 3.8) is 0 Å². The zero-order chi connectivity index (χ0) is 30.2. The lowest BCUT2D eigenvalue weighted by atomic mass is 9.87. The number of benzene rings is 3. The molecule has 220 valence electrons. The van der Waals surface area contributed by atoms with Crippen molar-refractivity contribution in [1.82, 2.24) is 10.6 Å². The fourth-order valence-corrected chi connectivity index (χ4v) is 5.30. The van der Waals surface area contributed by atoms with Gasteiger partial charge in [0.15, 0.2) is 0 Å². The highest BCUT2D eigenvalue weighted by Crippen LogP contribution is 2.37. The van der Waals surface area contributed by atoms with Crippen LogP contribution in [0.3, 0.4) is 0 Å². The molecule has 1 fully saturated rings. The molecule has 0 spiro atoms. The molecule has 1 aliphatic heterocycles. The van der Waals surface area contributed by atoms with Gasteiger partial charge >= 0.3 is 17.9 Å². The van der Waals surface area contributed by atoms with Gasteiger partial charge in [-0.25, -0.2) is 14.4 Å². The van der Waals surface area contributed by atoms with Gasteiger partial charge in [-0.3, -0.25) is 4.79 Å². The molecule has 0 bridgehead atoms. The molecular weight excluding hydrogens is 536 g/mol. The monoisotopic (exact) mass is 572 g/mol. The first-order valence-corrected chi connectivity index (χ1v) is 14.3. The average molecular weight is 573 g/mol. The van der Waals surface area contributed by atoms with Gasteiger partial charge in [-0.1, -0.05) is 68.4 Å². The molecule has 0 saturated carbocycles. The summed E-state index contributed by atoms with van der Waals surface area (Å²) >= 11 is 0. The summed E-state index contributed by atoms with van der Waals surface area (Å²) in [5.41, 5.74) is 2.62. The Morgan fingerprint density at radius 2 is 1.45 bits per heavy atom. The van der Waals surface area contributed by atoms with E-state index in [9.17, 15) is 29.4 Å². The zero-order valence-corrected chi connectivity index (χ0v) is 23.8. The second-order valence-corrected chi connectivity index (χ2v) is 10.4. The Morgan fingerprint density at radius 3 is 2.00 bits per heavy atom. The number of esters is 1. The molecule has 1 aliphatic rings. The van der Waals surface area contributed by atoms with E-state index in [4.69, 9.17) is 4.74 Å². The number of hydrogen-bond donors (Lipinski definition) is 4. The molecule has 0 aromatic heterocycles. The SMILES string of the molecule is CCC(CC)OC(=O)[C@H](Cc1ccc(-c2ccccc2C(=O)O)c(-c2ccccc2C(=O)O)c1)NC(=O)C1CCCN1. The largest absolute Gasteiger partial charge is 0.478 e. The number of ether oxygens (including phenoxy) is 1. The summed E-state index contributed by atoms with van der Waals surface area (Å²) in [5.74, 6) is -3.05. The molecule has 3 aromatic rings. The van der Waals surface area contributed by atoms with Crippen LogP contribution >= 0.6 is 0 Å². The summed E-state index contributed by atoms with van der Waals surface area (Å²) in [4.78, 5) is 50.6. The first kappa shape index (κ1) is 30.5. The Balaban J connectivity index is 1.79. The quantitative estimate of drug-likeness (QED) is 0.224. The van der Waals surface area contributed by atoms with Crippen LogP contribution in [0.4, 0.5) is 0 Å². The van der Waals surface area contributed by atoms with E-state index in [-0.39, 0.29) is 35.6 Å². The maximum absolute atomic E-state index is 13.3. The van der Waals surface area contributed by atoms with Crippen LogP contribution in [-0.2, 0) is 20.7 Å². The Morgan fingerprint density at radius 1 is 0.857 bits per heavy atom. The van der Waals surface area contributed by atoms with Crippen LogP contribution in [0.1, 0.15) is 65.8 Å². The lowest BCUT2D eigenvalue weighted by molar-refractivity contribution is -0.153. The fourth-order valence-electron chi connectivity index (χ4n) is 5.30. The minimum atomic E-state index is -1.13. The third kappa shape index (κ3) is 7.03. The molecule has 3 aromatic carbocycles. The maximum Gasteiger partial charge on any atom is 0.336 e. The molecule has 1 amide bonds. The lowest BCUT2D eigenvalue weighted by Gasteiger charge is -2.23. The van der Waals surface area contributed by atoms with E-state index in [0.717, 1.165) is 13.0 Å². The van der Waals surface area contributed by atoms with E-state index in [0.29, 0.717) is 47.1 Å². The van der Waals surface area contributed by atoms with Crippen molar-refractivity contribution in [2.24, 2.45) is 0 Å². The fraction of sp³-hybridized carbons (Fsp3) is 0.333. The van der Waals surface area contributed by atoms with E-state index in [2.05, 4.69) is 10.6 Å². The van der Waals surface area contributed by atoms with Gasteiger partial charge in [0.25, 0.3) is 0 Å². The van der Waals surface area contributed by atoms with E-state index >= 15 is 0 Å². The van der Waals surface area contributed by atoms with Crippen LogP contribution in [0.15, 0.2) is 66.7 Å². The van der Waals surface area contributed by atoms with Gasteiger partial charge in [-0.05, 0) is 72.2 Å². The van der Waals surface area contributed by atoms with E-state index in [1.54, 1.807) is 54.6 Å². The molecule has 2 atom stereocenters. The van der Waals surface area contributed by atoms with E-state index in [1.165, 1.54) is 12.1 Å². The minimum absolute atomic E-state index is 0.0500. The van der Waals surface area contributed by atoms with Crippen LogP contribution in [0, 0.1) is 0 Å². The standard InChI is InChI=1S/C33H36N2O7/c1-3-21(4-2)42-33(41)29(35-30(36)28-14-9-17-34-28)19-20-15-16-24(22-10-5-7-12-25(22)31(37)38)27(18-20)23-11-6-8-13-26(23)32(39)40/h5-8,10-13,15-16,18,21,28-29,34H,3-4,9,14,17,19H2,1-2H3,(H,35,36)(H,37,38)(H,39,40)/t28?,29-/m0/s1. The van der Waals surface area contributed by atoms with E-state index < -0.39 is 23.9 Å². The summed E-state index contributed by atoms with van der Waals surface area (Å²) in [6.45, 7) is 4.58. The third-order valence-corrected chi connectivity index (χ3v) is 7.59. The van der Waals surface area contributed by atoms with Crippen molar-refractivity contribution in [3.05, 3.63) is 83.4 Å². The average Bonchev–Trinajstić information content (AvgIpc) is 3.55. The van der Waals surface area contributed by atoms with Gasteiger partial charge in [0.05, 0.1) is 17.2 Å². The molecule has 0 aliphatic carbocycles. The Bertz CT molecular complexity index is 1460. The first-order chi connectivity index (χ1) is 20.2. The van der Waals surface area contributed by atoms with Crippen LogP contribution in [0.25, 0.3) is 22.3 Å². The second-order valence-electron chi connectivity index (χ2n) is 10.4. The number of nitrogens with one attached hydrogen (secondary N) is 2. The number of aromatic carboxylic acids is 2. The van der Waals surface area contributed by atoms with Crippen molar-refractivity contribution < 1.29 is 34.1 Å². The van der Waals surface area contributed by atoms with Crippen molar-refractivity contribution in [3.8, 4) is 22.3 Å². The first-order valence-electron chi connectivity index (χ1n) is 14.3. The van der Waals surface area contributed by atoms with Gasteiger partial charge in [-0.15, -0.1) is 0 Å². The van der Waals surface area contributed by atoms with E-state index in [1.807, 2.05) is 13.8 Å². The Labute approximate surface area is 244 Å². The van der Waals surface area contributed by atoms with Gasteiger partial charge in [-0.2, -0.15) is 0 Å². The van der Waals surface area contributed by atoms with Gasteiger partial charge in [0.1, 0.15) is 12.1 Å². The van der Waals surface area contributed by atoms with Gasteiger partial charge in [0.2, 0.25) is 5.91 Å². The molecule has 4 N–H and O–H groups in total. The second kappa shape index (κ2) is 13.9. The number of rotatable bonds is 12. The highest BCUT2D eigenvalue weighted by atomic mass is 16.5. The summed E-state index contributed by atoms with van der Waals surface area (Å²) in [7, 11) is 0. The summed E-state index contributed by atoms with van der Waals surface area (Å²) in [5, 5.41) is 25.8. The number of amides is 1. The van der Waals surface area contributed by atoms with Crippen molar-refractivity contribution in [2.45, 2.75) is 64.1 Å². The van der Waals surface area contributed by atoms with Gasteiger partial charge in [0, 0.05) is 6.42 Å². The number of carbonyl (C=O) groups excluding carboxylic acids is 2. The number of carboxylic acids is 2. The molecule has 0 radical (unpaired) electrons. The molecule has 4 rings (SSSR count). The molecular formula is C33H36N2O7. The van der Waals surface area contributed by atoms with Crippen LogP contribution in [-0.4, -0.2) is 58.8 Å². The minimum Gasteiger partial charge on any atom is -0.478 e. The number of carbonyl (C=O) groups is 4. The lowest BCUT2D eigenvalue weighted by Crippen LogP contribution is -2.50. The van der Waals surface area contributed by atoms with Crippen molar-refractivity contribution in [2.75, 3.05) is 6.54 Å². The highest BCUT2D eigenvalue weighted by Gasteiger charge is 2.30.